The molecule has 3 aromatic carbocycles. The maximum atomic E-state index is 2.48. The van der Waals surface area contributed by atoms with E-state index in [2.05, 4.69) is 159 Å². The molecule has 0 spiro atoms. The van der Waals surface area contributed by atoms with Crippen molar-refractivity contribution >= 4 is 23.2 Å². The molecule has 0 saturated carbocycles. The van der Waals surface area contributed by atoms with E-state index in [-0.39, 0.29) is 17.0 Å². The molecule has 0 saturated heterocycles. The zero-order chi connectivity index (χ0) is 59.8. The Morgan fingerprint density at radius 1 is 0.198 bits per heavy atom. The second-order valence-electron chi connectivity index (χ2n) is 26.0. The van der Waals surface area contributed by atoms with E-state index in [0.717, 1.165) is 0 Å². The number of unbranched alkanes of at least 4 members (excludes halogenated alkanes) is 48. The Balaban J connectivity index is 0.0000252. The molecule has 0 aliphatic carbocycles. The van der Waals surface area contributed by atoms with Gasteiger partial charge >= 0.3 is 0 Å². The number of rotatable bonds is 63. The van der Waals surface area contributed by atoms with E-state index in [1.807, 2.05) is 0 Å². The fourth-order valence-electron chi connectivity index (χ4n) is 12.8. The van der Waals surface area contributed by atoms with Gasteiger partial charge in [0.25, 0.3) is 0 Å². The third-order valence-electron chi connectivity index (χ3n) is 18.2. The number of benzene rings is 3. The van der Waals surface area contributed by atoms with Crippen molar-refractivity contribution in [2.75, 3.05) is 6.16 Å². The first-order valence-corrected chi connectivity index (χ1v) is 39.6. The molecule has 0 heterocycles. The molecular weight excluding hydrogens is 1120 g/mol. The zero-order valence-electron chi connectivity index (χ0n) is 56.6. The second kappa shape index (κ2) is 63.8. The molecule has 0 aliphatic heterocycles. The van der Waals surface area contributed by atoms with Crippen LogP contribution < -0.4 is 32.9 Å². The Hall–Kier alpha value is -2.73. The molecule has 0 atom stereocenters. The lowest BCUT2D eigenvalue weighted by atomic mass is 10.0. The lowest BCUT2D eigenvalue weighted by Gasteiger charge is -2.27. The monoisotopic (exact) mass is 1260 g/mol. The summed E-state index contributed by atoms with van der Waals surface area (Å²) < 4.78 is 0. The van der Waals surface area contributed by atoms with Crippen LogP contribution >= 0.6 is 7.26 Å². The first kappa shape index (κ1) is 79.4. The van der Waals surface area contributed by atoms with E-state index < -0.39 is 7.26 Å². The molecule has 0 nitrogen and oxygen atoms in total. The van der Waals surface area contributed by atoms with Crippen molar-refractivity contribution < 1.29 is 17.0 Å². The summed E-state index contributed by atoms with van der Waals surface area (Å²) in [6.07, 6.45) is 101. The summed E-state index contributed by atoms with van der Waals surface area (Å²) in [5, 5.41) is 4.56. The molecule has 0 aliphatic rings. The number of halogens is 1. The molecule has 0 radical (unpaired) electrons. The summed E-state index contributed by atoms with van der Waals surface area (Å²) in [5.41, 5.74) is 0. The largest absolute Gasteiger partial charge is 1.00 e. The smallest absolute Gasteiger partial charge is 0.112 e. The van der Waals surface area contributed by atoms with Crippen LogP contribution in [0.3, 0.4) is 0 Å². The highest BCUT2D eigenvalue weighted by Crippen LogP contribution is 2.56. The molecule has 3 aromatic rings. The highest BCUT2D eigenvalue weighted by atomic mass is 79.9. The van der Waals surface area contributed by atoms with Crippen LogP contribution in [0.25, 0.3) is 0 Å². The summed E-state index contributed by atoms with van der Waals surface area (Å²) >= 11 is 0. The van der Waals surface area contributed by atoms with Crippen molar-refractivity contribution in [2.45, 2.75) is 354 Å². The molecule has 3 rings (SSSR count). The molecule has 0 fully saturated rings. The zero-order valence-corrected chi connectivity index (χ0v) is 59.1. The van der Waals surface area contributed by atoms with E-state index >= 15 is 0 Å². The lowest BCUT2D eigenvalue weighted by Crippen LogP contribution is -3.00. The maximum absolute atomic E-state index is 2.48. The Labute approximate surface area is 548 Å². The molecule has 0 unspecified atom stereocenters. The average Bonchev–Trinajstić information content (AvgIpc) is 1.69. The van der Waals surface area contributed by atoms with Gasteiger partial charge in [0.1, 0.15) is 23.2 Å². The van der Waals surface area contributed by atoms with Crippen molar-refractivity contribution in [2.24, 2.45) is 0 Å². The van der Waals surface area contributed by atoms with E-state index in [4.69, 9.17) is 0 Å². The molecular formula is C84H138BrP. The normalized spacial score (nSPS) is 12.2. The third kappa shape index (κ3) is 46.4. The first-order chi connectivity index (χ1) is 42.4. The van der Waals surface area contributed by atoms with Crippen LogP contribution in [0.1, 0.15) is 354 Å². The molecule has 2 heteroatoms. The summed E-state index contributed by atoms with van der Waals surface area (Å²) in [7, 11) is -1.67. The Kier molecular flexibility index (Phi) is 58.9. The van der Waals surface area contributed by atoms with Gasteiger partial charge < -0.3 is 17.0 Å². The highest BCUT2D eigenvalue weighted by Gasteiger charge is 2.44. The Morgan fingerprint density at radius 3 is 0.523 bits per heavy atom. The summed E-state index contributed by atoms with van der Waals surface area (Å²) in [5.74, 6) is 0. The Bertz CT molecular complexity index is 1850. The van der Waals surface area contributed by atoms with Crippen molar-refractivity contribution in [1.29, 1.82) is 0 Å². The van der Waals surface area contributed by atoms with Crippen LogP contribution in [0, 0.1) is 0 Å². The molecule has 86 heavy (non-hydrogen) atoms. The molecule has 0 amide bonds. The first-order valence-electron chi connectivity index (χ1n) is 37.7. The van der Waals surface area contributed by atoms with E-state index in [1.165, 1.54) is 369 Å². The minimum Gasteiger partial charge on any atom is -1.00 e. The van der Waals surface area contributed by atoms with Gasteiger partial charge in [-0.1, -0.05) is 328 Å². The molecule has 0 aromatic heterocycles. The minimum absolute atomic E-state index is 0. The van der Waals surface area contributed by atoms with Gasteiger partial charge in [0.2, 0.25) is 0 Å². The van der Waals surface area contributed by atoms with Crippen LogP contribution in [0.5, 0.6) is 0 Å². The fraction of sp³-hybridized carbons (Fsp3) is 0.667. The fourth-order valence-corrected chi connectivity index (χ4v) is 17.2. The number of hydrogen-bond acceptors (Lipinski definition) is 0. The summed E-state index contributed by atoms with van der Waals surface area (Å²) in [6, 6.07) is 34.2. The summed E-state index contributed by atoms with van der Waals surface area (Å²) in [4.78, 5) is 0. The van der Waals surface area contributed by atoms with Crippen LogP contribution in [-0.4, -0.2) is 6.16 Å². The van der Waals surface area contributed by atoms with Crippen LogP contribution in [0.15, 0.2) is 152 Å². The van der Waals surface area contributed by atoms with Crippen LogP contribution in [-0.2, 0) is 0 Å². The van der Waals surface area contributed by atoms with Gasteiger partial charge in [-0.15, -0.1) is 0 Å². The molecule has 0 N–H and O–H groups in total. The van der Waals surface area contributed by atoms with Crippen LogP contribution in [0.4, 0.5) is 0 Å². The van der Waals surface area contributed by atoms with E-state index in [9.17, 15) is 0 Å². The quantitative estimate of drug-likeness (QED) is 0.0300. The Morgan fingerprint density at radius 2 is 0.349 bits per heavy atom. The van der Waals surface area contributed by atoms with E-state index in [1.54, 1.807) is 0 Å². The SMILES string of the molecule is CCCCC/C=C/CCCCCCCCCC/C=C/CCCCCCCCCC/C=C/CCCCCCCCCC/C=C/CCCCCCCCCC/C=C/CCCCCCCCCCC[P+](c1ccccc1)(c1ccccc1)c1ccccc1.[Br-]. The van der Waals surface area contributed by atoms with Gasteiger partial charge in [-0.05, 0) is 178 Å². The lowest BCUT2D eigenvalue weighted by molar-refractivity contribution is -0.0000177. The standard InChI is InChI=1S/C84H138P.BrH/c1-2-3-4-5-6-7-8-9-10-11-12-13-14-15-16-17-18-19-20-21-22-23-24-25-26-27-28-29-30-31-32-33-34-35-36-37-38-39-40-41-42-43-44-45-46-47-48-49-50-51-52-53-54-55-56-57-58-59-60-61-62-63-64-74-81-85(82-75-68-65-69-76-82,83-77-70-66-71-78-83)84-79-72-67-73-80-84;/h6-7,18-19,30-31,42-43,54-55,65-73,75-80H,2-5,8-17,20-29,32-41,44-53,56-64,74,81H2,1H3;1H/q+1;/p-1/b7-6+,19-18+,31-30+,43-42+,55-54+;. The van der Waals surface area contributed by atoms with Gasteiger partial charge in [0.15, 0.2) is 0 Å². The maximum Gasteiger partial charge on any atom is 0.112 e. The van der Waals surface area contributed by atoms with Gasteiger partial charge in [0, 0.05) is 0 Å². The molecule has 486 valence electrons. The van der Waals surface area contributed by atoms with Crippen molar-refractivity contribution in [1.82, 2.24) is 0 Å². The van der Waals surface area contributed by atoms with Gasteiger partial charge in [0.05, 0.1) is 6.16 Å². The van der Waals surface area contributed by atoms with Gasteiger partial charge in [-0.2, -0.15) is 0 Å². The van der Waals surface area contributed by atoms with Gasteiger partial charge in [-0.25, -0.2) is 0 Å². The van der Waals surface area contributed by atoms with E-state index in [0.29, 0.717) is 0 Å². The minimum atomic E-state index is -1.67. The topological polar surface area (TPSA) is 0 Å². The van der Waals surface area contributed by atoms with Crippen molar-refractivity contribution in [3.63, 3.8) is 0 Å². The predicted octanol–water partition coefficient (Wildman–Crippen LogP) is 24.9. The van der Waals surface area contributed by atoms with Crippen LogP contribution in [0.2, 0.25) is 0 Å². The summed E-state index contributed by atoms with van der Waals surface area (Å²) in [6.45, 7) is 2.29. The molecule has 0 bridgehead atoms. The average molecular weight is 1260 g/mol. The van der Waals surface area contributed by atoms with Crippen molar-refractivity contribution in [3.8, 4) is 0 Å². The van der Waals surface area contributed by atoms with Crippen molar-refractivity contribution in [3.05, 3.63) is 152 Å². The number of allylic oxidation sites excluding steroid dienone is 10. The van der Waals surface area contributed by atoms with Gasteiger partial charge in [-0.3, -0.25) is 0 Å². The third-order valence-corrected chi connectivity index (χ3v) is 22.8. The highest BCUT2D eigenvalue weighted by molar-refractivity contribution is 7.95. The second-order valence-corrected chi connectivity index (χ2v) is 29.6. The predicted molar refractivity (Wildman–Crippen MR) is 391 cm³/mol. The number of hydrogen-bond donors (Lipinski definition) is 0.